The fourth-order valence-corrected chi connectivity index (χ4v) is 5.15. The Hall–Kier alpha value is -3.65. The molecule has 2 amide bonds. The molecule has 0 aliphatic heterocycles. The predicted molar refractivity (Wildman–Crippen MR) is 148 cm³/mol. The molecule has 0 heterocycles. The molecule has 0 unspecified atom stereocenters. The van der Waals surface area contributed by atoms with E-state index in [1.165, 1.54) is 4.90 Å². The Morgan fingerprint density at radius 3 is 1.97 bits per heavy atom. The van der Waals surface area contributed by atoms with Gasteiger partial charge in [-0.25, -0.2) is 8.42 Å². The van der Waals surface area contributed by atoms with Gasteiger partial charge in [-0.3, -0.25) is 13.9 Å². The van der Waals surface area contributed by atoms with E-state index in [-0.39, 0.29) is 12.5 Å². The van der Waals surface area contributed by atoms with Gasteiger partial charge in [-0.05, 0) is 36.1 Å². The molecule has 0 radical (unpaired) electrons. The Labute approximate surface area is 220 Å². The van der Waals surface area contributed by atoms with Crippen LogP contribution in [-0.2, 0) is 39.0 Å². The zero-order chi connectivity index (χ0) is 26.8. The van der Waals surface area contributed by atoms with Gasteiger partial charge >= 0.3 is 0 Å². The summed E-state index contributed by atoms with van der Waals surface area (Å²) in [5, 5.41) is 2.86. The lowest BCUT2D eigenvalue weighted by atomic mass is 10.0. The lowest BCUT2D eigenvalue weighted by molar-refractivity contribution is -0.140. The van der Waals surface area contributed by atoms with Crippen molar-refractivity contribution in [2.24, 2.45) is 0 Å². The number of benzene rings is 3. The quantitative estimate of drug-likeness (QED) is 0.393. The van der Waals surface area contributed by atoms with Crippen molar-refractivity contribution in [2.75, 3.05) is 23.7 Å². The Kier molecular flexibility index (Phi) is 9.85. The summed E-state index contributed by atoms with van der Waals surface area (Å²) in [6.07, 6.45) is 2.01. The normalized spacial score (nSPS) is 12.0. The van der Waals surface area contributed by atoms with Crippen LogP contribution in [0.2, 0.25) is 0 Å². The molecule has 0 saturated carbocycles. The Balaban J connectivity index is 2.04. The highest BCUT2D eigenvalue weighted by Crippen LogP contribution is 2.24. The number of hydrogen-bond donors (Lipinski definition) is 1. The summed E-state index contributed by atoms with van der Waals surface area (Å²) in [7, 11) is -3.78. The molecule has 0 aliphatic rings. The maximum absolute atomic E-state index is 14.0. The van der Waals surface area contributed by atoms with Crippen LogP contribution >= 0.6 is 0 Å². The number of aryl methyl sites for hydroxylation is 1. The highest BCUT2D eigenvalue weighted by Gasteiger charge is 2.33. The van der Waals surface area contributed by atoms with Gasteiger partial charge in [-0.2, -0.15) is 0 Å². The number of anilines is 1. The Morgan fingerprint density at radius 2 is 1.41 bits per heavy atom. The molecule has 7 nitrogen and oxygen atoms in total. The van der Waals surface area contributed by atoms with Gasteiger partial charge in [0.15, 0.2) is 0 Å². The number of carbonyl (C=O) groups is 2. The number of nitrogens with one attached hydrogen (secondary N) is 1. The van der Waals surface area contributed by atoms with Crippen LogP contribution in [0.1, 0.15) is 30.5 Å². The maximum Gasteiger partial charge on any atom is 0.244 e. The predicted octanol–water partition coefficient (Wildman–Crippen LogP) is 3.79. The number of nitrogens with zero attached hydrogens (tertiary/aromatic N) is 2. The molecule has 1 N–H and O–H groups in total. The Morgan fingerprint density at radius 1 is 0.838 bits per heavy atom. The van der Waals surface area contributed by atoms with Crippen LogP contribution in [0.4, 0.5) is 5.69 Å². The van der Waals surface area contributed by atoms with Crippen LogP contribution in [0, 0.1) is 0 Å². The molecule has 1 atom stereocenters. The van der Waals surface area contributed by atoms with Crippen LogP contribution in [0.3, 0.4) is 0 Å². The van der Waals surface area contributed by atoms with Crippen LogP contribution in [-0.4, -0.2) is 50.5 Å². The summed E-state index contributed by atoms with van der Waals surface area (Å²) in [5.41, 5.74) is 3.04. The lowest BCUT2D eigenvalue weighted by Crippen LogP contribution is -2.53. The molecule has 0 bridgehead atoms. The first-order valence-corrected chi connectivity index (χ1v) is 14.3. The molecule has 0 aliphatic carbocycles. The SMILES string of the molecule is CCNC(=O)[C@H](Cc1ccccc1)N(Cc1ccccc1)C(=O)CN(c1ccccc1CC)S(C)(=O)=O. The second-order valence-electron chi connectivity index (χ2n) is 8.86. The largest absolute Gasteiger partial charge is 0.355 e. The molecule has 3 aromatic rings. The minimum atomic E-state index is -3.78. The molecule has 0 spiro atoms. The van der Waals surface area contributed by atoms with Crippen LogP contribution < -0.4 is 9.62 Å². The molecule has 196 valence electrons. The summed E-state index contributed by atoms with van der Waals surface area (Å²) in [6.45, 7) is 3.94. The minimum Gasteiger partial charge on any atom is -0.355 e. The average Bonchev–Trinajstić information content (AvgIpc) is 2.89. The van der Waals surface area contributed by atoms with Gasteiger partial charge in [-0.1, -0.05) is 85.8 Å². The summed E-state index contributed by atoms with van der Waals surface area (Å²) in [6, 6.07) is 25.2. The highest BCUT2D eigenvalue weighted by atomic mass is 32.2. The molecule has 8 heteroatoms. The van der Waals surface area contributed by atoms with E-state index in [1.54, 1.807) is 12.1 Å². The van der Waals surface area contributed by atoms with E-state index in [2.05, 4.69) is 5.32 Å². The van der Waals surface area contributed by atoms with E-state index in [4.69, 9.17) is 0 Å². The van der Waals surface area contributed by atoms with E-state index in [9.17, 15) is 18.0 Å². The van der Waals surface area contributed by atoms with Crippen molar-refractivity contribution >= 4 is 27.5 Å². The van der Waals surface area contributed by atoms with Gasteiger partial charge in [-0.15, -0.1) is 0 Å². The fourth-order valence-electron chi connectivity index (χ4n) is 4.27. The van der Waals surface area contributed by atoms with E-state index >= 15 is 0 Å². The third kappa shape index (κ3) is 7.67. The molecular formula is C29H35N3O4S. The van der Waals surface area contributed by atoms with Gasteiger partial charge in [0.2, 0.25) is 21.8 Å². The first-order valence-electron chi connectivity index (χ1n) is 12.4. The van der Waals surface area contributed by atoms with Crippen LogP contribution in [0.25, 0.3) is 0 Å². The van der Waals surface area contributed by atoms with Gasteiger partial charge in [0.05, 0.1) is 11.9 Å². The monoisotopic (exact) mass is 521 g/mol. The summed E-state index contributed by atoms with van der Waals surface area (Å²) < 4.78 is 26.9. The number of rotatable bonds is 12. The van der Waals surface area contributed by atoms with Crippen LogP contribution in [0.5, 0.6) is 0 Å². The van der Waals surface area contributed by atoms with Crippen molar-refractivity contribution in [3.63, 3.8) is 0 Å². The van der Waals surface area contributed by atoms with Crippen molar-refractivity contribution in [1.29, 1.82) is 0 Å². The molecule has 0 fully saturated rings. The third-order valence-corrected chi connectivity index (χ3v) is 7.26. The standard InChI is InChI=1S/C29H35N3O4S/c1-4-25-18-12-13-19-26(25)32(37(3,35)36)22-28(33)31(21-24-16-10-7-11-17-24)27(29(34)30-5-2)20-23-14-8-6-9-15-23/h6-19,27H,4-5,20-22H2,1-3H3,(H,30,34)/t27-/m0/s1. The molecular weight excluding hydrogens is 486 g/mol. The number of sulfonamides is 1. The third-order valence-electron chi connectivity index (χ3n) is 6.14. The number of para-hydroxylation sites is 1. The first kappa shape index (κ1) is 27.9. The van der Waals surface area contributed by atoms with Crippen molar-refractivity contribution in [3.8, 4) is 0 Å². The van der Waals surface area contributed by atoms with Crippen molar-refractivity contribution in [2.45, 2.75) is 39.3 Å². The molecule has 3 rings (SSSR count). The Bertz CT molecular complexity index is 1280. The fraction of sp³-hybridized carbons (Fsp3) is 0.310. The molecule has 37 heavy (non-hydrogen) atoms. The number of hydrogen-bond acceptors (Lipinski definition) is 4. The van der Waals surface area contributed by atoms with Crippen molar-refractivity contribution < 1.29 is 18.0 Å². The highest BCUT2D eigenvalue weighted by molar-refractivity contribution is 7.92. The maximum atomic E-state index is 14.0. The van der Waals surface area contributed by atoms with E-state index < -0.39 is 28.5 Å². The van der Waals surface area contributed by atoms with Gasteiger partial charge in [0, 0.05) is 19.5 Å². The first-order chi connectivity index (χ1) is 17.7. The van der Waals surface area contributed by atoms with E-state index in [1.807, 2.05) is 86.6 Å². The second kappa shape index (κ2) is 13.1. The molecule has 0 aromatic heterocycles. The average molecular weight is 522 g/mol. The zero-order valence-corrected chi connectivity index (χ0v) is 22.4. The topological polar surface area (TPSA) is 86.8 Å². The van der Waals surface area contributed by atoms with Crippen molar-refractivity contribution in [3.05, 3.63) is 102 Å². The van der Waals surface area contributed by atoms with Gasteiger partial charge in [0.25, 0.3) is 0 Å². The second-order valence-corrected chi connectivity index (χ2v) is 10.8. The van der Waals surface area contributed by atoms with E-state index in [0.29, 0.717) is 25.1 Å². The van der Waals surface area contributed by atoms with Gasteiger partial charge < -0.3 is 10.2 Å². The summed E-state index contributed by atoms with van der Waals surface area (Å²) in [4.78, 5) is 28.8. The van der Waals surface area contributed by atoms with Gasteiger partial charge in [0.1, 0.15) is 12.6 Å². The lowest BCUT2D eigenvalue weighted by Gasteiger charge is -2.33. The van der Waals surface area contributed by atoms with Crippen LogP contribution in [0.15, 0.2) is 84.9 Å². The number of amides is 2. The minimum absolute atomic E-state index is 0.168. The number of carbonyl (C=O) groups excluding carboxylic acids is 2. The van der Waals surface area contributed by atoms with E-state index in [0.717, 1.165) is 27.3 Å². The summed E-state index contributed by atoms with van der Waals surface area (Å²) >= 11 is 0. The molecule has 3 aromatic carbocycles. The zero-order valence-electron chi connectivity index (χ0n) is 21.6. The summed E-state index contributed by atoms with van der Waals surface area (Å²) in [5.74, 6) is -0.733. The smallest absolute Gasteiger partial charge is 0.244 e. The number of likely N-dealkylation sites (N-methyl/N-ethyl adjacent to an activating group) is 1. The van der Waals surface area contributed by atoms with Crippen molar-refractivity contribution in [1.82, 2.24) is 10.2 Å². The molecule has 0 saturated heterocycles.